The summed E-state index contributed by atoms with van der Waals surface area (Å²) in [4.78, 5) is 15.3. The molecule has 10 rings (SSSR count). The molecule has 0 radical (unpaired) electrons. The molecule has 3 heteroatoms. The van der Waals surface area contributed by atoms with E-state index in [-0.39, 0.29) is 0 Å². The number of pyridine rings is 1. The van der Waals surface area contributed by atoms with Gasteiger partial charge in [-0.2, -0.15) is 0 Å². The Morgan fingerprint density at radius 3 is 1.41 bits per heavy atom. The van der Waals surface area contributed by atoms with Crippen molar-refractivity contribution in [1.29, 1.82) is 0 Å². The quantitative estimate of drug-likeness (QED) is 0.154. The third-order valence-corrected chi connectivity index (χ3v) is 10.5. The molecule has 0 saturated carbocycles. The number of benzene rings is 8. The Hall–Kier alpha value is -7.49. The van der Waals surface area contributed by atoms with E-state index in [4.69, 9.17) is 15.0 Å². The van der Waals surface area contributed by atoms with E-state index in [1.54, 1.807) is 0 Å². The van der Waals surface area contributed by atoms with Crippen LogP contribution in [0.25, 0.3) is 100 Å². The molecule has 0 bridgehead atoms. The molecule has 56 heavy (non-hydrogen) atoms. The van der Waals surface area contributed by atoms with E-state index in [2.05, 4.69) is 176 Å². The van der Waals surface area contributed by atoms with Gasteiger partial charge in [-0.05, 0) is 57.6 Å². The zero-order valence-corrected chi connectivity index (χ0v) is 30.5. The van der Waals surface area contributed by atoms with E-state index in [1.165, 1.54) is 16.5 Å². The highest BCUT2D eigenvalue weighted by Gasteiger charge is 2.16. The van der Waals surface area contributed by atoms with Crippen LogP contribution < -0.4 is 0 Å². The summed E-state index contributed by atoms with van der Waals surface area (Å²) in [6.07, 6.45) is 0. The average molecular weight is 714 g/mol. The Morgan fingerprint density at radius 1 is 0.268 bits per heavy atom. The number of fused-ring (bicyclic) bond motifs is 3. The van der Waals surface area contributed by atoms with Crippen molar-refractivity contribution < 1.29 is 0 Å². The summed E-state index contributed by atoms with van der Waals surface area (Å²) in [5.41, 5.74) is 15.0. The lowest BCUT2D eigenvalue weighted by atomic mass is 9.91. The molecule has 2 heterocycles. The first-order valence-electron chi connectivity index (χ1n) is 18.9. The van der Waals surface area contributed by atoms with Crippen LogP contribution in [-0.2, 0) is 0 Å². The van der Waals surface area contributed by atoms with Crippen molar-refractivity contribution in [1.82, 2.24) is 15.0 Å². The lowest BCUT2D eigenvalue weighted by Gasteiger charge is -2.15. The highest BCUT2D eigenvalue weighted by atomic mass is 14.9. The standard InChI is InChI=1S/C53H35N3/c1-5-15-37(16-6-1)45-25-14-26-46-51(45)47-34-44(31-32-48(47)54-52(46)40-19-9-3-10-20-40)43-24-13-23-42(33-43)36-27-29-39(30-28-36)50-35-49(38-17-7-2-8-18-38)55-53(56-50)41-21-11-4-12-22-41/h1-35H. The molecule has 2 aromatic heterocycles. The van der Waals surface area contributed by atoms with Gasteiger partial charge in [-0.3, -0.25) is 0 Å². The summed E-state index contributed by atoms with van der Waals surface area (Å²) in [7, 11) is 0. The second-order valence-electron chi connectivity index (χ2n) is 14.0. The molecule has 0 saturated heterocycles. The molecule has 0 aliphatic heterocycles. The van der Waals surface area contributed by atoms with Crippen LogP contribution in [0.15, 0.2) is 212 Å². The Labute approximate surface area is 326 Å². The van der Waals surface area contributed by atoms with Gasteiger partial charge >= 0.3 is 0 Å². The van der Waals surface area contributed by atoms with Crippen LogP contribution in [0.1, 0.15) is 0 Å². The molecule has 8 aromatic carbocycles. The second-order valence-corrected chi connectivity index (χ2v) is 14.0. The van der Waals surface area contributed by atoms with Crippen molar-refractivity contribution >= 4 is 21.7 Å². The Bertz CT molecular complexity index is 2920. The minimum Gasteiger partial charge on any atom is -0.247 e. The molecule has 0 fully saturated rings. The summed E-state index contributed by atoms with van der Waals surface area (Å²) in [6.45, 7) is 0. The lowest BCUT2D eigenvalue weighted by Crippen LogP contribution is -1.95. The molecule has 0 amide bonds. The van der Waals surface area contributed by atoms with E-state index in [0.29, 0.717) is 5.82 Å². The molecule has 0 aliphatic carbocycles. The van der Waals surface area contributed by atoms with E-state index in [9.17, 15) is 0 Å². The molecule has 262 valence electrons. The Balaban J connectivity index is 1.04. The molecule has 10 aromatic rings. The number of rotatable bonds is 7. The van der Waals surface area contributed by atoms with Crippen LogP contribution >= 0.6 is 0 Å². The highest BCUT2D eigenvalue weighted by Crippen LogP contribution is 2.40. The fourth-order valence-corrected chi connectivity index (χ4v) is 7.69. The van der Waals surface area contributed by atoms with Gasteiger partial charge < -0.3 is 0 Å². The van der Waals surface area contributed by atoms with Gasteiger partial charge in [-0.15, -0.1) is 0 Å². The number of aromatic nitrogens is 3. The Morgan fingerprint density at radius 2 is 0.750 bits per heavy atom. The highest BCUT2D eigenvalue weighted by molar-refractivity contribution is 6.17. The average Bonchev–Trinajstić information content (AvgIpc) is 3.29. The maximum absolute atomic E-state index is 5.28. The van der Waals surface area contributed by atoms with Gasteiger partial charge in [0.05, 0.1) is 22.6 Å². The lowest BCUT2D eigenvalue weighted by molar-refractivity contribution is 1.18. The first-order chi connectivity index (χ1) is 27.7. The molecule has 0 aliphatic rings. The summed E-state index contributed by atoms with van der Waals surface area (Å²) in [6, 6.07) is 74.6. The number of hydrogen-bond acceptors (Lipinski definition) is 3. The third kappa shape index (κ3) is 6.31. The number of nitrogens with zero attached hydrogens (tertiary/aromatic N) is 3. The molecular weight excluding hydrogens is 679 g/mol. The van der Waals surface area contributed by atoms with Crippen LogP contribution in [0, 0.1) is 0 Å². The van der Waals surface area contributed by atoms with Crippen molar-refractivity contribution in [3.8, 4) is 78.5 Å². The molecule has 0 unspecified atom stereocenters. The van der Waals surface area contributed by atoms with Gasteiger partial charge in [0.1, 0.15) is 0 Å². The molecular formula is C53H35N3. The minimum absolute atomic E-state index is 0.712. The molecule has 3 nitrogen and oxygen atoms in total. The van der Waals surface area contributed by atoms with Gasteiger partial charge in [-0.25, -0.2) is 15.0 Å². The molecule has 0 N–H and O–H groups in total. The van der Waals surface area contributed by atoms with E-state index in [0.717, 1.165) is 77.9 Å². The van der Waals surface area contributed by atoms with E-state index < -0.39 is 0 Å². The van der Waals surface area contributed by atoms with Crippen molar-refractivity contribution in [2.45, 2.75) is 0 Å². The van der Waals surface area contributed by atoms with Gasteiger partial charge in [0.25, 0.3) is 0 Å². The summed E-state index contributed by atoms with van der Waals surface area (Å²) >= 11 is 0. The summed E-state index contributed by atoms with van der Waals surface area (Å²) in [5.74, 6) is 0.712. The third-order valence-electron chi connectivity index (χ3n) is 10.5. The fraction of sp³-hybridized carbons (Fsp3) is 0. The molecule has 0 spiro atoms. The van der Waals surface area contributed by atoms with Crippen molar-refractivity contribution in [2.75, 3.05) is 0 Å². The molecule has 0 atom stereocenters. The topological polar surface area (TPSA) is 38.7 Å². The number of hydrogen-bond donors (Lipinski definition) is 0. The zero-order valence-electron chi connectivity index (χ0n) is 30.5. The smallest absolute Gasteiger partial charge is 0.160 e. The van der Waals surface area contributed by atoms with Crippen LogP contribution in [0.4, 0.5) is 0 Å². The van der Waals surface area contributed by atoms with Crippen molar-refractivity contribution in [3.63, 3.8) is 0 Å². The fourth-order valence-electron chi connectivity index (χ4n) is 7.69. The van der Waals surface area contributed by atoms with Gasteiger partial charge in [0.15, 0.2) is 5.82 Å². The SMILES string of the molecule is c1ccc(-c2cc(-c3ccc(-c4cccc(-c5ccc6nc(-c7ccccc7)c7cccc(-c8ccccc8)c7c6c5)c4)cc3)nc(-c3ccccc3)n2)cc1. The van der Waals surface area contributed by atoms with Crippen LogP contribution in [0.3, 0.4) is 0 Å². The van der Waals surface area contributed by atoms with Crippen LogP contribution in [0.5, 0.6) is 0 Å². The van der Waals surface area contributed by atoms with Crippen molar-refractivity contribution in [2.24, 2.45) is 0 Å². The summed E-state index contributed by atoms with van der Waals surface area (Å²) in [5, 5.41) is 3.50. The van der Waals surface area contributed by atoms with Gasteiger partial charge in [-0.1, -0.05) is 188 Å². The van der Waals surface area contributed by atoms with Gasteiger partial charge in [0.2, 0.25) is 0 Å². The monoisotopic (exact) mass is 713 g/mol. The van der Waals surface area contributed by atoms with Crippen molar-refractivity contribution in [3.05, 3.63) is 212 Å². The first kappa shape index (κ1) is 33.1. The summed E-state index contributed by atoms with van der Waals surface area (Å²) < 4.78 is 0. The predicted octanol–water partition coefficient (Wildman–Crippen LogP) is 13.8. The zero-order chi connectivity index (χ0) is 37.3. The van der Waals surface area contributed by atoms with Gasteiger partial charge in [0, 0.05) is 38.4 Å². The van der Waals surface area contributed by atoms with Crippen LogP contribution in [0.2, 0.25) is 0 Å². The van der Waals surface area contributed by atoms with E-state index >= 15 is 0 Å². The largest absolute Gasteiger partial charge is 0.247 e. The second kappa shape index (κ2) is 14.4. The van der Waals surface area contributed by atoms with Crippen LogP contribution in [-0.4, -0.2) is 15.0 Å². The predicted molar refractivity (Wildman–Crippen MR) is 233 cm³/mol. The first-order valence-corrected chi connectivity index (χ1v) is 18.9. The Kier molecular flexibility index (Phi) is 8.51. The van der Waals surface area contributed by atoms with E-state index in [1.807, 2.05) is 36.4 Å². The normalized spacial score (nSPS) is 11.2. The maximum atomic E-state index is 5.28. The minimum atomic E-state index is 0.712. The maximum Gasteiger partial charge on any atom is 0.160 e.